The average Bonchev–Trinajstić information content (AvgIpc) is 3.48. The molecule has 5 rings (SSSR count). The van der Waals surface area contributed by atoms with Crippen molar-refractivity contribution < 1.29 is 4.79 Å². The standard InChI is InChI=1S/C23H25N5OS2.ClH/c1-4-28-17(9-11-24-28)21(29)26-23-20(22-25-16-7-5-6-8-18(16)30-22)15-10-12-27(14(2)3)13-19(15)31-23;/h5-9,11,14H,4,10,12-13H2,1-3H3,(H,26,29);1H. The number of aryl methyl sites for hydroxylation is 1. The van der Waals surface area contributed by atoms with Crippen LogP contribution in [0.1, 0.15) is 41.7 Å². The van der Waals surface area contributed by atoms with E-state index in [2.05, 4.69) is 35.2 Å². The van der Waals surface area contributed by atoms with Crippen LogP contribution in [0.5, 0.6) is 0 Å². The van der Waals surface area contributed by atoms with E-state index in [1.165, 1.54) is 15.1 Å². The Balaban J connectivity index is 0.00000245. The van der Waals surface area contributed by atoms with Gasteiger partial charge in [-0.2, -0.15) is 5.10 Å². The first-order valence-electron chi connectivity index (χ1n) is 10.6. The molecule has 1 N–H and O–H groups in total. The van der Waals surface area contributed by atoms with E-state index in [4.69, 9.17) is 4.98 Å². The molecule has 0 spiro atoms. The van der Waals surface area contributed by atoms with E-state index >= 15 is 0 Å². The SMILES string of the molecule is CCn1nccc1C(=O)Nc1sc2c(c1-c1nc3ccccc3s1)CCN(C(C)C)C2.Cl. The molecule has 3 aromatic heterocycles. The van der Waals surface area contributed by atoms with Gasteiger partial charge in [-0.25, -0.2) is 4.98 Å². The van der Waals surface area contributed by atoms with Gasteiger partial charge in [-0.1, -0.05) is 12.1 Å². The summed E-state index contributed by atoms with van der Waals surface area (Å²) in [4.78, 5) is 21.8. The summed E-state index contributed by atoms with van der Waals surface area (Å²) in [6.45, 7) is 9.06. The molecule has 0 aliphatic carbocycles. The van der Waals surface area contributed by atoms with E-state index in [0.717, 1.165) is 40.6 Å². The zero-order chi connectivity index (χ0) is 21.5. The number of para-hydroxylation sites is 1. The molecule has 1 aliphatic rings. The van der Waals surface area contributed by atoms with E-state index in [1.54, 1.807) is 39.6 Å². The van der Waals surface area contributed by atoms with E-state index < -0.39 is 0 Å². The van der Waals surface area contributed by atoms with Gasteiger partial charge < -0.3 is 5.32 Å². The molecular weight excluding hydrogens is 462 g/mol. The third-order valence-corrected chi connectivity index (χ3v) is 7.99. The monoisotopic (exact) mass is 487 g/mol. The predicted molar refractivity (Wildman–Crippen MR) is 135 cm³/mol. The number of amides is 1. The molecule has 0 unspecified atom stereocenters. The summed E-state index contributed by atoms with van der Waals surface area (Å²) < 4.78 is 2.89. The van der Waals surface area contributed by atoms with Gasteiger partial charge >= 0.3 is 0 Å². The average molecular weight is 488 g/mol. The second-order valence-corrected chi connectivity index (χ2v) is 10.1. The van der Waals surface area contributed by atoms with Crippen molar-refractivity contribution >= 4 is 56.2 Å². The van der Waals surface area contributed by atoms with Gasteiger partial charge in [0.1, 0.15) is 15.7 Å². The number of carbonyl (C=O) groups excluding carboxylic acids is 1. The molecule has 32 heavy (non-hydrogen) atoms. The number of benzene rings is 1. The van der Waals surface area contributed by atoms with Crippen LogP contribution in [0.4, 0.5) is 5.00 Å². The molecule has 0 saturated heterocycles. The summed E-state index contributed by atoms with van der Waals surface area (Å²) in [5, 5.41) is 9.32. The van der Waals surface area contributed by atoms with E-state index in [0.29, 0.717) is 18.3 Å². The number of carbonyl (C=O) groups is 1. The maximum Gasteiger partial charge on any atom is 0.274 e. The molecule has 9 heteroatoms. The molecule has 1 aliphatic heterocycles. The Hall–Kier alpha value is -2.26. The summed E-state index contributed by atoms with van der Waals surface area (Å²) >= 11 is 3.38. The van der Waals surface area contributed by atoms with Crippen molar-refractivity contribution in [3.63, 3.8) is 0 Å². The Morgan fingerprint density at radius 3 is 2.78 bits per heavy atom. The van der Waals surface area contributed by atoms with Crippen LogP contribution >= 0.6 is 35.1 Å². The largest absolute Gasteiger partial charge is 0.312 e. The number of thiophene rings is 1. The lowest BCUT2D eigenvalue weighted by Crippen LogP contribution is -2.35. The van der Waals surface area contributed by atoms with E-state index in [9.17, 15) is 4.79 Å². The number of anilines is 1. The normalized spacial score (nSPS) is 13.9. The first kappa shape index (κ1) is 22.9. The highest BCUT2D eigenvalue weighted by Crippen LogP contribution is 2.46. The van der Waals surface area contributed by atoms with Gasteiger partial charge in [0, 0.05) is 42.3 Å². The molecule has 4 aromatic rings. The second-order valence-electron chi connectivity index (χ2n) is 8.00. The minimum absolute atomic E-state index is 0. The second kappa shape index (κ2) is 9.31. The zero-order valence-corrected chi connectivity index (χ0v) is 20.7. The number of fused-ring (bicyclic) bond motifs is 2. The van der Waals surface area contributed by atoms with Crippen molar-refractivity contribution in [2.45, 2.75) is 46.3 Å². The van der Waals surface area contributed by atoms with Gasteiger partial charge in [0.15, 0.2) is 0 Å². The van der Waals surface area contributed by atoms with Gasteiger partial charge in [-0.05, 0) is 51.0 Å². The van der Waals surface area contributed by atoms with Crippen LogP contribution in [-0.4, -0.2) is 38.2 Å². The fourth-order valence-corrected chi connectivity index (χ4v) is 6.48. The number of nitrogens with zero attached hydrogens (tertiary/aromatic N) is 4. The van der Waals surface area contributed by atoms with Crippen LogP contribution in [0.15, 0.2) is 36.5 Å². The molecular formula is C23H26ClN5OS2. The fraction of sp³-hybridized carbons (Fsp3) is 0.348. The van der Waals surface area contributed by atoms with E-state index in [1.807, 2.05) is 25.1 Å². The molecule has 0 bridgehead atoms. The predicted octanol–water partition coefficient (Wildman–Crippen LogP) is 5.68. The molecule has 4 heterocycles. The maximum absolute atomic E-state index is 13.1. The van der Waals surface area contributed by atoms with Crippen molar-refractivity contribution in [2.75, 3.05) is 11.9 Å². The van der Waals surface area contributed by atoms with Gasteiger partial charge in [-0.3, -0.25) is 14.4 Å². The molecule has 0 fully saturated rings. The smallest absolute Gasteiger partial charge is 0.274 e. The Morgan fingerprint density at radius 1 is 1.22 bits per heavy atom. The van der Waals surface area contributed by atoms with Crippen LogP contribution in [0.25, 0.3) is 20.8 Å². The molecule has 6 nitrogen and oxygen atoms in total. The molecule has 0 saturated carbocycles. The highest BCUT2D eigenvalue weighted by Gasteiger charge is 2.29. The quantitative estimate of drug-likeness (QED) is 0.393. The first-order chi connectivity index (χ1) is 15.0. The number of halogens is 1. The van der Waals surface area contributed by atoms with Crippen LogP contribution in [0.3, 0.4) is 0 Å². The van der Waals surface area contributed by atoms with Gasteiger partial charge in [0.25, 0.3) is 5.91 Å². The minimum Gasteiger partial charge on any atom is -0.312 e. The van der Waals surface area contributed by atoms with Crippen molar-refractivity contribution in [1.82, 2.24) is 19.7 Å². The van der Waals surface area contributed by atoms with Crippen LogP contribution < -0.4 is 5.32 Å². The summed E-state index contributed by atoms with van der Waals surface area (Å²) in [5.74, 6) is -0.124. The minimum atomic E-state index is -0.124. The number of thiazole rings is 1. The number of aromatic nitrogens is 3. The van der Waals surface area contributed by atoms with Gasteiger partial charge in [0.05, 0.1) is 10.2 Å². The van der Waals surface area contributed by atoms with E-state index in [-0.39, 0.29) is 18.3 Å². The van der Waals surface area contributed by atoms with Crippen LogP contribution in [0.2, 0.25) is 0 Å². The summed E-state index contributed by atoms with van der Waals surface area (Å²) in [5.41, 5.74) is 4.01. The maximum atomic E-state index is 13.1. The first-order valence-corrected chi connectivity index (χ1v) is 12.3. The fourth-order valence-electron chi connectivity index (χ4n) is 4.10. The van der Waals surface area contributed by atoms with Gasteiger partial charge in [-0.15, -0.1) is 35.1 Å². The van der Waals surface area contributed by atoms with Crippen molar-refractivity contribution in [2.24, 2.45) is 0 Å². The summed E-state index contributed by atoms with van der Waals surface area (Å²) in [6.07, 6.45) is 2.64. The topological polar surface area (TPSA) is 63.1 Å². The molecule has 0 atom stereocenters. The third-order valence-electron chi connectivity index (χ3n) is 5.80. The third kappa shape index (κ3) is 4.08. The van der Waals surface area contributed by atoms with Crippen molar-refractivity contribution in [3.8, 4) is 10.6 Å². The lowest BCUT2D eigenvalue weighted by atomic mass is 10.0. The van der Waals surface area contributed by atoms with Crippen LogP contribution in [0, 0.1) is 0 Å². The number of hydrogen-bond acceptors (Lipinski definition) is 6. The van der Waals surface area contributed by atoms with Gasteiger partial charge in [0.2, 0.25) is 0 Å². The zero-order valence-electron chi connectivity index (χ0n) is 18.3. The summed E-state index contributed by atoms with van der Waals surface area (Å²) in [6, 6.07) is 10.5. The number of nitrogens with one attached hydrogen (secondary N) is 1. The lowest BCUT2D eigenvalue weighted by Gasteiger charge is -2.30. The number of hydrogen-bond donors (Lipinski definition) is 1. The Labute approximate surface area is 201 Å². The lowest BCUT2D eigenvalue weighted by molar-refractivity contribution is 0.101. The highest BCUT2D eigenvalue weighted by molar-refractivity contribution is 7.23. The highest BCUT2D eigenvalue weighted by atomic mass is 35.5. The molecule has 1 aromatic carbocycles. The van der Waals surface area contributed by atoms with Crippen LogP contribution in [-0.2, 0) is 19.5 Å². The van der Waals surface area contributed by atoms with Crippen molar-refractivity contribution in [3.05, 3.63) is 52.7 Å². The Morgan fingerprint density at radius 2 is 2.03 bits per heavy atom. The molecule has 1 amide bonds. The van der Waals surface area contributed by atoms with Crippen molar-refractivity contribution in [1.29, 1.82) is 0 Å². The summed E-state index contributed by atoms with van der Waals surface area (Å²) in [7, 11) is 0. The molecule has 0 radical (unpaired) electrons. The Kier molecular flexibility index (Phi) is 6.67. The molecule has 168 valence electrons. The number of rotatable bonds is 5. The Bertz CT molecular complexity index is 1230.